The normalized spacial score (nSPS) is 28.0. The van der Waals surface area contributed by atoms with Crippen molar-refractivity contribution in [2.75, 3.05) is 24.8 Å². The van der Waals surface area contributed by atoms with Crippen LogP contribution in [0.25, 0.3) is 0 Å². The summed E-state index contributed by atoms with van der Waals surface area (Å²) in [6.07, 6.45) is 2.04. The zero-order valence-electron chi connectivity index (χ0n) is 17.3. The van der Waals surface area contributed by atoms with Gasteiger partial charge >= 0.3 is 10.3 Å². The van der Waals surface area contributed by atoms with Gasteiger partial charge in [-0.15, -0.1) is 0 Å². The van der Waals surface area contributed by atoms with E-state index in [1.165, 1.54) is 24.5 Å². The first kappa shape index (κ1) is 21.9. The van der Waals surface area contributed by atoms with Gasteiger partial charge in [-0.25, -0.2) is 9.97 Å². The molecule has 2 aliphatic carbocycles. The summed E-state index contributed by atoms with van der Waals surface area (Å²) < 4.78 is 38.5. The Hall–Kier alpha value is -2.31. The number of nitrogens with zero attached hydrogens (tertiary/aromatic N) is 3. The van der Waals surface area contributed by atoms with E-state index in [1.807, 2.05) is 12.1 Å². The third-order valence-corrected chi connectivity index (χ3v) is 7.13. The van der Waals surface area contributed by atoms with Crippen LogP contribution in [0.2, 0.25) is 0 Å². The van der Waals surface area contributed by atoms with E-state index in [1.54, 1.807) is 13.2 Å². The van der Waals surface area contributed by atoms with E-state index in [-0.39, 0.29) is 18.2 Å². The Morgan fingerprint density at radius 1 is 1.16 bits per heavy atom. The molecule has 31 heavy (non-hydrogen) atoms. The average Bonchev–Trinajstić information content (AvgIpc) is 3.27. The molecule has 11 heteroatoms. The minimum Gasteiger partial charge on any atom is -0.391 e. The van der Waals surface area contributed by atoms with Crippen molar-refractivity contribution in [3.8, 4) is 0 Å². The molecule has 10 nitrogen and oxygen atoms in total. The second-order valence-corrected chi connectivity index (χ2v) is 9.50. The maximum atomic E-state index is 11.4. The number of ether oxygens (including phenoxy) is 1. The highest BCUT2D eigenvalue weighted by molar-refractivity contribution is 7.83. The topological polar surface area (TPSA) is 137 Å². The molecule has 0 saturated heterocycles. The van der Waals surface area contributed by atoms with Crippen molar-refractivity contribution in [1.82, 2.24) is 14.3 Å². The molecule has 4 N–H and O–H groups in total. The zero-order valence-corrected chi connectivity index (χ0v) is 18.2. The van der Waals surface area contributed by atoms with Gasteiger partial charge in [-0.3, -0.25) is 4.55 Å². The van der Waals surface area contributed by atoms with Gasteiger partial charge in [0.05, 0.1) is 24.3 Å². The van der Waals surface area contributed by atoms with Crippen LogP contribution in [0, 0.1) is 0 Å². The van der Waals surface area contributed by atoms with Gasteiger partial charge in [-0.05, 0) is 24.0 Å². The first-order chi connectivity index (χ1) is 14.8. The number of methoxy groups -OCH3 is 1. The van der Waals surface area contributed by atoms with Crippen LogP contribution >= 0.6 is 0 Å². The molecule has 0 radical (unpaired) electrons. The summed E-state index contributed by atoms with van der Waals surface area (Å²) in [6.45, 7) is 0. The Balaban J connectivity index is 1.45. The molecular weight excluding hydrogens is 422 g/mol. The lowest BCUT2D eigenvalue weighted by molar-refractivity contribution is 0.0959. The summed E-state index contributed by atoms with van der Waals surface area (Å²) in [5.41, 5.74) is 2.42. The lowest BCUT2D eigenvalue weighted by Gasteiger charge is -2.23. The quantitative estimate of drug-likeness (QED) is 0.460. The first-order valence-electron chi connectivity index (χ1n) is 10.1. The second-order valence-electron chi connectivity index (χ2n) is 8.03. The van der Waals surface area contributed by atoms with Gasteiger partial charge < -0.3 is 20.5 Å². The SMILES string of the molecule is CO[C@H]1Cc2ccccc2[C@H]1Nc1cc(N[C@H]2C[C@H](O)[C@@H](N(C)S(=O)(=O)O)C2)ncn1. The number of hydrogen-bond acceptors (Lipinski definition) is 8. The highest BCUT2D eigenvalue weighted by Gasteiger charge is 2.39. The zero-order chi connectivity index (χ0) is 22.2. The van der Waals surface area contributed by atoms with Crippen molar-refractivity contribution in [3.63, 3.8) is 0 Å². The molecule has 5 atom stereocenters. The van der Waals surface area contributed by atoms with Gasteiger partial charge in [0.1, 0.15) is 18.0 Å². The van der Waals surface area contributed by atoms with Gasteiger partial charge in [-0.1, -0.05) is 24.3 Å². The van der Waals surface area contributed by atoms with Gasteiger partial charge in [0, 0.05) is 32.7 Å². The van der Waals surface area contributed by atoms with Gasteiger partial charge in [0.15, 0.2) is 0 Å². The highest BCUT2D eigenvalue weighted by atomic mass is 32.2. The minimum absolute atomic E-state index is 0.00882. The van der Waals surface area contributed by atoms with E-state index < -0.39 is 22.4 Å². The van der Waals surface area contributed by atoms with E-state index in [9.17, 15) is 18.1 Å². The fourth-order valence-corrected chi connectivity index (χ4v) is 5.07. The Morgan fingerprint density at radius 3 is 2.58 bits per heavy atom. The highest BCUT2D eigenvalue weighted by Crippen LogP contribution is 2.35. The molecule has 4 rings (SSSR count). The monoisotopic (exact) mass is 449 g/mol. The molecule has 168 valence electrons. The molecule has 1 aromatic heterocycles. The molecule has 1 aromatic carbocycles. The molecule has 1 fully saturated rings. The van der Waals surface area contributed by atoms with Gasteiger partial charge in [0.2, 0.25) is 0 Å². The van der Waals surface area contributed by atoms with Crippen molar-refractivity contribution in [2.45, 2.75) is 49.6 Å². The minimum atomic E-state index is -4.37. The summed E-state index contributed by atoms with van der Waals surface area (Å²) in [4.78, 5) is 8.57. The van der Waals surface area contributed by atoms with Crippen LogP contribution < -0.4 is 10.6 Å². The molecule has 2 aliphatic rings. The third kappa shape index (κ3) is 4.65. The van der Waals surface area contributed by atoms with Crippen LogP contribution in [0.15, 0.2) is 36.7 Å². The summed E-state index contributed by atoms with van der Waals surface area (Å²) in [7, 11) is -1.42. The van der Waals surface area contributed by atoms with Gasteiger partial charge in [0.25, 0.3) is 0 Å². The van der Waals surface area contributed by atoms with Crippen molar-refractivity contribution >= 4 is 21.9 Å². The lowest BCUT2D eigenvalue weighted by atomic mass is 10.1. The average molecular weight is 450 g/mol. The van der Waals surface area contributed by atoms with E-state index >= 15 is 0 Å². The molecule has 0 amide bonds. The number of rotatable bonds is 7. The van der Waals surface area contributed by atoms with Crippen molar-refractivity contribution < 1.29 is 22.8 Å². The largest absolute Gasteiger partial charge is 0.391 e. The predicted molar refractivity (Wildman–Crippen MR) is 115 cm³/mol. The molecule has 0 unspecified atom stereocenters. The fraction of sp³-hybridized carbons (Fsp3) is 0.500. The number of aromatic nitrogens is 2. The Labute approximate surface area is 181 Å². The van der Waals surface area contributed by atoms with Gasteiger partial charge in [-0.2, -0.15) is 12.7 Å². The van der Waals surface area contributed by atoms with Crippen LogP contribution in [-0.2, 0) is 21.5 Å². The molecule has 0 bridgehead atoms. The van der Waals surface area contributed by atoms with E-state index in [0.29, 0.717) is 24.5 Å². The number of nitrogens with one attached hydrogen (secondary N) is 2. The predicted octanol–water partition coefficient (Wildman–Crippen LogP) is 1.24. The maximum Gasteiger partial charge on any atom is 0.335 e. The number of benzene rings is 1. The first-order valence-corrected chi connectivity index (χ1v) is 11.5. The van der Waals surface area contributed by atoms with Crippen LogP contribution in [0.4, 0.5) is 11.6 Å². The summed E-state index contributed by atoms with van der Waals surface area (Å²) in [5.74, 6) is 1.19. The Kier molecular flexibility index (Phi) is 6.13. The number of anilines is 2. The summed E-state index contributed by atoms with van der Waals surface area (Å²) in [6, 6.07) is 9.03. The van der Waals surface area contributed by atoms with Crippen LogP contribution in [0.5, 0.6) is 0 Å². The molecule has 0 aliphatic heterocycles. The van der Waals surface area contributed by atoms with E-state index in [2.05, 4.69) is 32.7 Å². The fourth-order valence-electron chi connectivity index (χ4n) is 4.51. The molecule has 1 saturated carbocycles. The Bertz CT molecular complexity index is 1040. The Morgan fingerprint density at radius 2 is 1.87 bits per heavy atom. The smallest absolute Gasteiger partial charge is 0.335 e. The molecular formula is C20H27N5O5S. The van der Waals surface area contributed by atoms with E-state index in [4.69, 9.17) is 4.74 Å². The maximum absolute atomic E-state index is 11.4. The number of likely N-dealkylation sites (N-methyl/N-ethyl adjacent to an activating group) is 1. The van der Waals surface area contributed by atoms with Crippen molar-refractivity contribution in [2.24, 2.45) is 0 Å². The number of aliphatic hydroxyl groups excluding tert-OH is 1. The summed E-state index contributed by atoms with van der Waals surface area (Å²) in [5, 5.41) is 16.9. The number of fused-ring (bicyclic) bond motifs is 1. The van der Waals surface area contributed by atoms with Crippen molar-refractivity contribution in [1.29, 1.82) is 0 Å². The van der Waals surface area contributed by atoms with Crippen LogP contribution in [0.3, 0.4) is 0 Å². The third-order valence-electron chi connectivity index (χ3n) is 6.14. The van der Waals surface area contributed by atoms with E-state index in [0.717, 1.165) is 10.7 Å². The van der Waals surface area contributed by atoms with Crippen LogP contribution in [-0.4, -0.2) is 70.8 Å². The van der Waals surface area contributed by atoms with Crippen molar-refractivity contribution in [3.05, 3.63) is 47.8 Å². The summed E-state index contributed by atoms with van der Waals surface area (Å²) >= 11 is 0. The number of aliphatic hydroxyl groups is 1. The van der Waals surface area contributed by atoms with Crippen LogP contribution in [0.1, 0.15) is 30.0 Å². The lowest BCUT2D eigenvalue weighted by Crippen LogP contribution is -2.41. The second kappa shape index (κ2) is 8.67. The molecule has 1 heterocycles. The number of hydrogen-bond donors (Lipinski definition) is 4. The standard InChI is InChI=1S/C20H27N5O5S/c1-25(31(27,28)29)15-8-13(9-16(15)26)23-18-10-19(22-11-21-18)24-20-14-6-4-3-5-12(14)7-17(20)30-2/h3-6,10-11,13,15-17,20,26H,7-9H2,1-2H3,(H,27,28,29)(H2,21,22,23,24)/t13-,15+,16+,17+,20-/m1/s1. The molecule has 2 aromatic rings. The molecule has 0 spiro atoms.